The van der Waals surface area contributed by atoms with Gasteiger partial charge in [0, 0.05) is 22.8 Å². The number of fused-ring (bicyclic) bond motifs is 3. The van der Waals surface area contributed by atoms with Crippen LogP contribution in [-0.4, -0.2) is 50.1 Å². The Morgan fingerprint density at radius 1 is 1.21 bits per heavy atom. The standard InChI is InChI=1S/C23H25NO4S/c1-4-28-21-11-16-17(12-20(21)26-2)22(24-19-8-9-29-13-18(16)19)14-6-5-7-15(10-14)23(25)27-3/h5-7,10-12,18-19H,4,8-9,13H2,1-3H3/t18-,19-/m1/s1. The summed E-state index contributed by atoms with van der Waals surface area (Å²) in [6, 6.07) is 11.9. The molecule has 0 spiro atoms. The van der Waals surface area contributed by atoms with Crippen LogP contribution in [0.2, 0.25) is 0 Å². The third-order valence-corrected chi connectivity index (χ3v) is 6.58. The Hall–Kier alpha value is -2.47. The molecule has 0 saturated carbocycles. The van der Waals surface area contributed by atoms with Gasteiger partial charge in [-0.1, -0.05) is 12.1 Å². The van der Waals surface area contributed by atoms with Gasteiger partial charge < -0.3 is 14.2 Å². The highest BCUT2D eigenvalue weighted by molar-refractivity contribution is 7.99. The maximum Gasteiger partial charge on any atom is 0.337 e. The van der Waals surface area contributed by atoms with Crippen LogP contribution in [0.15, 0.2) is 41.4 Å². The lowest BCUT2D eigenvalue weighted by Gasteiger charge is -2.35. The molecule has 0 N–H and O–H groups in total. The minimum Gasteiger partial charge on any atom is -0.493 e. The van der Waals surface area contributed by atoms with E-state index in [4.69, 9.17) is 19.2 Å². The number of benzene rings is 2. The number of ether oxygens (including phenoxy) is 3. The van der Waals surface area contributed by atoms with Gasteiger partial charge in [0.2, 0.25) is 0 Å². The van der Waals surface area contributed by atoms with E-state index in [1.807, 2.05) is 43.0 Å². The quantitative estimate of drug-likeness (QED) is 0.686. The van der Waals surface area contributed by atoms with Crippen LogP contribution in [0.4, 0.5) is 0 Å². The molecular weight excluding hydrogens is 386 g/mol. The Morgan fingerprint density at radius 3 is 2.83 bits per heavy atom. The van der Waals surface area contributed by atoms with Crippen LogP contribution in [0, 0.1) is 0 Å². The molecule has 2 aliphatic heterocycles. The summed E-state index contributed by atoms with van der Waals surface area (Å²) in [5, 5.41) is 0. The number of hydrogen-bond acceptors (Lipinski definition) is 6. The first-order chi connectivity index (χ1) is 14.2. The third kappa shape index (κ3) is 3.73. The monoisotopic (exact) mass is 411 g/mol. The van der Waals surface area contributed by atoms with Crippen LogP contribution < -0.4 is 9.47 Å². The van der Waals surface area contributed by atoms with E-state index in [2.05, 4.69) is 6.07 Å². The Balaban J connectivity index is 1.87. The molecule has 2 aromatic carbocycles. The predicted octanol–water partition coefficient (Wildman–Crippen LogP) is 4.32. The summed E-state index contributed by atoms with van der Waals surface area (Å²) in [4.78, 5) is 17.2. The summed E-state index contributed by atoms with van der Waals surface area (Å²) in [6.45, 7) is 2.56. The average Bonchev–Trinajstić information content (AvgIpc) is 2.77. The second-order valence-corrected chi connectivity index (χ2v) is 8.26. The van der Waals surface area contributed by atoms with Crippen molar-refractivity contribution < 1.29 is 19.0 Å². The first-order valence-electron chi connectivity index (χ1n) is 9.85. The zero-order chi connectivity index (χ0) is 20.4. The second kappa shape index (κ2) is 8.49. The summed E-state index contributed by atoms with van der Waals surface area (Å²) < 4.78 is 16.3. The largest absolute Gasteiger partial charge is 0.493 e. The molecule has 2 heterocycles. The van der Waals surface area contributed by atoms with Crippen molar-refractivity contribution in [1.29, 1.82) is 0 Å². The maximum absolute atomic E-state index is 12.0. The fourth-order valence-corrected chi connectivity index (χ4v) is 5.30. The van der Waals surface area contributed by atoms with Crippen molar-refractivity contribution in [3.8, 4) is 11.5 Å². The van der Waals surface area contributed by atoms with Gasteiger partial charge >= 0.3 is 5.97 Å². The molecular formula is C23H25NO4S. The van der Waals surface area contributed by atoms with Crippen molar-refractivity contribution in [2.24, 2.45) is 4.99 Å². The van der Waals surface area contributed by atoms with Gasteiger partial charge in [0.1, 0.15) is 0 Å². The van der Waals surface area contributed by atoms with Crippen molar-refractivity contribution in [2.75, 3.05) is 32.3 Å². The lowest BCUT2D eigenvalue weighted by Crippen LogP contribution is -2.31. The molecule has 1 fully saturated rings. The normalized spacial score (nSPS) is 20.2. The molecule has 0 aromatic heterocycles. The minimum atomic E-state index is -0.347. The molecule has 6 heteroatoms. The SMILES string of the molecule is CCOc1cc2c(cc1OC)C(c1cccc(C(=O)OC)c1)=N[C@@H]1CCSC[C@H]21. The molecule has 5 nitrogen and oxygen atoms in total. The van der Waals surface area contributed by atoms with Crippen LogP contribution in [0.5, 0.6) is 11.5 Å². The Bertz CT molecular complexity index is 956. The van der Waals surface area contributed by atoms with E-state index in [0.717, 1.165) is 40.5 Å². The summed E-state index contributed by atoms with van der Waals surface area (Å²) in [6.07, 6.45) is 1.05. The molecule has 0 unspecified atom stereocenters. The lowest BCUT2D eigenvalue weighted by atomic mass is 9.81. The molecule has 2 atom stereocenters. The number of thioether (sulfide) groups is 1. The molecule has 0 amide bonds. The highest BCUT2D eigenvalue weighted by Crippen LogP contribution is 2.44. The van der Waals surface area contributed by atoms with Gasteiger partial charge in [-0.15, -0.1) is 0 Å². The van der Waals surface area contributed by atoms with E-state index in [-0.39, 0.29) is 12.0 Å². The first-order valence-corrected chi connectivity index (χ1v) is 11.0. The van der Waals surface area contributed by atoms with E-state index in [0.29, 0.717) is 23.8 Å². The van der Waals surface area contributed by atoms with Crippen molar-refractivity contribution >= 4 is 23.4 Å². The number of rotatable bonds is 5. The summed E-state index contributed by atoms with van der Waals surface area (Å²) in [5.74, 6) is 3.65. The number of aliphatic imine (C=N–C) groups is 1. The summed E-state index contributed by atoms with van der Waals surface area (Å²) >= 11 is 1.98. The van der Waals surface area contributed by atoms with Crippen molar-refractivity contribution in [1.82, 2.24) is 0 Å². The Morgan fingerprint density at radius 2 is 2.07 bits per heavy atom. The predicted molar refractivity (Wildman–Crippen MR) is 116 cm³/mol. The van der Waals surface area contributed by atoms with Crippen molar-refractivity contribution in [2.45, 2.75) is 25.3 Å². The molecule has 152 valence electrons. The average molecular weight is 412 g/mol. The van der Waals surface area contributed by atoms with Crippen LogP contribution >= 0.6 is 11.8 Å². The summed E-state index contributed by atoms with van der Waals surface area (Å²) in [5.41, 5.74) is 4.64. The van der Waals surface area contributed by atoms with Gasteiger partial charge in [0.15, 0.2) is 11.5 Å². The van der Waals surface area contributed by atoms with Gasteiger partial charge in [0.25, 0.3) is 0 Å². The molecule has 4 rings (SSSR count). The number of methoxy groups -OCH3 is 2. The maximum atomic E-state index is 12.0. The lowest BCUT2D eigenvalue weighted by molar-refractivity contribution is 0.0600. The Labute approximate surface area is 175 Å². The molecule has 1 saturated heterocycles. The molecule has 0 radical (unpaired) electrons. The van der Waals surface area contributed by atoms with Gasteiger partial charge in [-0.25, -0.2) is 4.79 Å². The fraction of sp³-hybridized carbons (Fsp3) is 0.391. The van der Waals surface area contributed by atoms with Crippen molar-refractivity contribution in [3.05, 3.63) is 58.7 Å². The molecule has 0 bridgehead atoms. The highest BCUT2D eigenvalue weighted by Gasteiger charge is 2.35. The van der Waals surface area contributed by atoms with Crippen LogP contribution in [0.1, 0.15) is 46.3 Å². The number of nitrogens with zero attached hydrogens (tertiary/aromatic N) is 1. The van der Waals surface area contributed by atoms with Crippen LogP contribution in [-0.2, 0) is 4.74 Å². The van der Waals surface area contributed by atoms with Gasteiger partial charge in [-0.3, -0.25) is 4.99 Å². The van der Waals surface area contributed by atoms with E-state index in [1.54, 1.807) is 13.2 Å². The van der Waals surface area contributed by atoms with Crippen molar-refractivity contribution in [3.63, 3.8) is 0 Å². The van der Waals surface area contributed by atoms with Crippen LogP contribution in [0.25, 0.3) is 0 Å². The van der Waals surface area contributed by atoms with E-state index >= 15 is 0 Å². The third-order valence-electron chi connectivity index (χ3n) is 5.46. The van der Waals surface area contributed by atoms with Gasteiger partial charge in [0.05, 0.1) is 38.1 Å². The van der Waals surface area contributed by atoms with Gasteiger partial charge in [-0.2, -0.15) is 11.8 Å². The Kier molecular flexibility index (Phi) is 5.81. The summed E-state index contributed by atoms with van der Waals surface area (Å²) in [7, 11) is 3.05. The number of hydrogen-bond donors (Lipinski definition) is 0. The van der Waals surface area contributed by atoms with Crippen LogP contribution in [0.3, 0.4) is 0 Å². The minimum absolute atomic E-state index is 0.239. The zero-order valence-corrected chi connectivity index (χ0v) is 17.8. The topological polar surface area (TPSA) is 57.1 Å². The van der Waals surface area contributed by atoms with E-state index in [1.165, 1.54) is 12.7 Å². The molecule has 29 heavy (non-hydrogen) atoms. The smallest absolute Gasteiger partial charge is 0.337 e. The number of carbonyl (C=O) groups is 1. The van der Waals surface area contributed by atoms with Gasteiger partial charge in [-0.05, 0) is 48.9 Å². The molecule has 2 aromatic rings. The second-order valence-electron chi connectivity index (χ2n) is 7.11. The van der Waals surface area contributed by atoms with E-state index < -0.39 is 0 Å². The molecule has 2 aliphatic rings. The zero-order valence-electron chi connectivity index (χ0n) is 16.9. The highest BCUT2D eigenvalue weighted by atomic mass is 32.2. The fourth-order valence-electron chi connectivity index (χ4n) is 4.07. The number of esters is 1. The first kappa shape index (κ1) is 19.8. The molecule has 0 aliphatic carbocycles. The van der Waals surface area contributed by atoms with E-state index in [9.17, 15) is 4.79 Å². The number of carbonyl (C=O) groups excluding carboxylic acids is 1.